The number of benzene rings is 1. The van der Waals surface area contributed by atoms with Crippen molar-refractivity contribution in [3.05, 3.63) is 48.3 Å². The number of nitrogens with zero attached hydrogens (tertiary/aromatic N) is 3. The molecule has 1 aromatic carbocycles. The summed E-state index contributed by atoms with van der Waals surface area (Å²) in [6.45, 7) is 2.32. The van der Waals surface area contributed by atoms with Crippen molar-refractivity contribution in [3.63, 3.8) is 0 Å². The number of piperidine rings is 1. The Morgan fingerprint density at radius 1 is 1.31 bits per heavy atom. The highest BCUT2D eigenvalue weighted by molar-refractivity contribution is 5.77. The van der Waals surface area contributed by atoms with Gasteiger partial charge >= 0.3 is 0 Å². The third kappa shape index (κ3) is 4.85. The summed E-state index contributed by atoms with van der Waals surface area (Å²) >= 11 is 0. The molecule has 1 N–H and O–H groups in total. The van der Waals surface area contributed by atoms with Crippen LogP contribution >= 0.6 is 0 Å². The number of hydrogen-bond donors (Lipinski definition) is 1. The van der Waals surface area contributed by atoms with Gasteiger partial charge in [0.15, 0.2) is 5.58 Å². The molecule has 152 valence electrons. The molecular weight excluding hydrogens is 368 g/mol. The van der Waals surface area contributed by atoms with Crippen LogP contribution in [0.2, 0.25) is 0 Å². The molecule has 7 nitrogen and oxygen atoms in total. The Balaban J connectivity index is 1.30. The molecule has 3 heterocycles. The number of rotatable bonds is 7. The van der Waals surface area contributed by atoms with Gasteiger partial charge in [0.05, 0.1) is 7.11 Å². The van der Waals surface area contributed by atoms with Crippen molar-refractivity contribution in [2.75, 3.05) is 31.6 Å². The zero-order valence-electron chi connectivity index (χ0n) is 16.6. The lowest BCUT2D eigenvalue weighted by Gasteiger charge is -2.31. The second-order valence-electron chi connectivity index (χ2n) is 7.44. The average molecular weight is 394 g/mol. The predicted octanol–water partition coefficient (Wildman–Crippen LogP) is 3.20. The fraction of sp³-hybridized carbons (Fsp3) is 0.409. The maximum Gasteiger partial charge on any atom is 0.298 e. The molecule has 1 aliphatic heterocycles. The quantitative estimate of drug-likeness (QED) is 0.663. The Bertz CT molecular complexity index is 957. The van der Waals surface area contributed by atoms with Gasteiger partial charge in [-0.3, -0.25) is 9.78 Å². The molecule has 0 bridgehead atoms. The minimum atomic E-state index is 0.105. The zero-order chi connectivity index (χ0) is 20.1. The molecule has 4 rings (SSSR count). The lowest BCUT2D eigenvalue weighted by atomic mass is 9.94. The smallest absolute Gasteiger partial charge is 0.298 e. The van der Waals surface area contributed by atoms with Crippen molar-refractivity contribution in [2.24, 2.45) is 5.92 Å². The number of fused-ring (bicyclic) bond motifs is 1. The minimum Gasteiger partial charge on any atom is -0.497 e. The normalized spacial score (nSPS) is 16.7. The predicted molar refractivity (Wildman–Crippen MR) is 111 cm³/mol. The van der Waals surface area contributed by atoms with Gasteiger partial charge in [0.1, 0.15) is 11.3 Å². The van der Waals surface area contributed by atoms with Gasteiger partial charge in [0.2, 0.25) is 5.91 Å². The molecule has 7 heteroatoms. The summed E-state index contributed by atoms with van der Waals surface area (Å²) in [5.41, 5.74) is 2.71. The SMILES string of the molecule is COc1ccc2oc(N3CCCC(CC(=O)NCCc4ccncc4)C3)nc2c1. The van der Waals surface area contributed by atoms with Gasteiger partial charge in [0.25, 0.3) is 6.01 Å². The van der Waals surface area contributed by atoms with E-state index < -0.39 is 0 Å². The molecule has 0 radical (unpaired) electrons. The number of anilines is 1. The Kier molecular flexibility index (Phi) is 5.93. The van der Waals surface area contributed by atoms with Crippen LogP contribution in [0, 0.1) is 5.92 Å². The Labute approximate surface area is 170 Å². The highest BCUT2D eigenvalue weighted by Crippen LogP contribution is 2.29. The number of aromatic nitrogens is 2. The van der Waals surface area contributed by atoms with E-state index in [1.165, 1.54) is 5.56 Å². The molecule has 1 amide bonds. The molecule has 0 spiro atoms. The third-order valence-corrected chi connectivity index (χ3v) is 5.33. The summed E-state index contributed by atoms with van der Waals surface area (Å²) in [5, 5.41) is 3.04. The number of hydrogen-bond acceptors (Lipinski definition) is 6. The van der Waals surface area contributed by atoms with Crippen LogP contribution in [0.15, 0.2) is 47.1 Å². The highest BCUT2D eigenvalue weighted by atomic mass is 16.5. The number of methoxy groups -OCH3 is 1. The maximum atomic E-state index is 12.4. The summed E-state index contributed by atoms with van der Waals surface area (Å²) in [7, 11) is 1.64. The number of carbonyl (C=O) groups excluding carboxylic acids is 1. The summed E-state index contributed by atoms with van der Waals surface area (Å²) in [4.78, 5) is 23.1. The van der Waals surface area contributed by atoms with Gasteiger partial charge in [-0.1, -0.05) is 0 Å². The first-order chi connectivity index (χ1) is 14.2. The highest BCUT2D eigenvalue weighted by Gasteiger charge is 2.25. The van der Waals surface area contributed by atoms with Crippen LogP contribution in [0.25, 0.3) is 11.1 Å². The van der Waals surface area contributed by atoms with E-state index in [4.69, 9.17) is 9.15 Å². The maximum absolute atomic E-state index is 12.4. The van der Waals surface area contributed by atoms with Crippen LogP contribution in [-0.4, -0.2) is 42.6 Å². The molecule has 1 unspecified atom stereocenters. The van der Waals surface area contributed by atoms with Crippen molar-refractivity contribution in [3.8, 4) is 5.75 Å². The molecule has 29 heavy (non-hydrogen) atoms. The van der Waals surface area contributed by atoms with Crippen LogP contribution in [0.5, 0.6) is 5.75 Å². The van der Waals surface area contributed by atoms with Crippen LogP contribution in [0.4, 0.5) is 6.01 Å². The van der Waals surface area contributed by atoms with Crippen molar-refractivity contribution in [1.82, 2.24) is 15.3 Å². The third-order valence-electron chi connectivity index (χ3n) is 5.33. The van der Waals surface area contributed by atoms with Crippen LogP contribution < -0.4 is 15.0 Å². The van der Waals surface area contributed by atoms with Crippen molar-refractivity contribution < 1.29 is 13.9 Å². The van der Waals surface area contributed by atoms with E-state index in [9.17, 15) is 4.79 Å². The van der Waals surface area contributed by atoms with Crippen molar-refractivity contribution in [1.29, 1.82) is 0 Å². The summed E-state index contributed by atoms with van der Waals surface area (Å²) in [5.74, 6) is 1.17. The molecule has 1 saturated heterocycles. The number of pyridine rings is 1. The van der Waals surface area contributed by atoms with Crippen LogP contribution in [-0.2, 0) is 11.2 Å². The van der Waals surface area contributed by atoms with Crippen molar-refractivity contribution >= 4 is 23.0 Å². The van der Waals surface area contributed by atoms with Crippen molar-refractivity contribution in [2.45, 2.75) is 25.7 Å². The van der Waals surface area contributed by atoms with E-state index in [-0.39, 0.29) is 5.91 Å². The summed E-state index contributed by atoms with van der Waals surface area (Å²) in [6.07, 6.45) is 6.96. The van der Waals surface area contributed by atoms with Crippen LogP contribution in [0.3, 0.4) is 0 Å². The molecule has 2 aromatic heterocycles. The van der Waals surface area contributed by atoms with Gasteiger partial charge < -0.3 is 19.4 Å². The largest absolute Gasteiger partial charge is 0.497 e. The first-order valence-electron chi connectivity index (χ1n) is 10.1. The van der Waals surface area contributed by atoms with Gasteiger partial charge in [0, 0.05) is 44.5 Å². The number of nitrogens with one attached hydrogen (secondary N) is 1. The number of ether oxygens (including phenoxy) is 1. The van der Waals surface area contributed by atoms with E-state index in [1.54, 1.807) is 19.5 Å². The van der Waals surface area contributed by atoms with E-state index in [0.29, 0.717) is 24.9 Å². The number of carbonyl (C=O) groups is 1. The van der Waals surface area contributed by atoms with Gasteiger partial charge in [-0.25, -0.2) is 0 Å². The molecule has 1 fully saturated rings. The molecule has 0 aliphatic carbocycles. The minimum absolute atomic E-state index is 0.105. The average Bonchev–Trinajstić information content (AvgIpc) is 3.18. The van der Waals surface area contributed by atoms with Gasteiger partial charge in [-0.05, 0) is 55.0 Å². The molecule has 1 atom stereocenters. The first-order valence-corrected chi connectivity index (χ1v) is 10.1. The standard InChI is InChI=1S/C22H26N4O3/c1-28-18-4-5-20-19(14-18)25-22(29-20)26-12-2-3-17(15-26)13-21(27)24-11-8-16-6-9-23-10-7-16/h4-7,9-10,14,17H,2-3,8,11-13,15H2,1H3,(H,24,27). The van der Waals surface area contributed by atoms with Crippen LogP contribution in [0.1, 0.15) is 24.8 Å². The molecule has 0 saturated carbocycles. The lowest BCUT2D eigenvalue weighted by molar-refractivity contribution is -0.122. The Morgan fingerprint density at radius 3 is 3.00 bits per heavy atom. The van der Waals surface area contributed by atoms with E-state index >= 15 is 0 Å². The second-order valence-corrected chi connectivity index (χ2v) is 7.44. The molecule has 1 aliphatic rings. The van der Waals surface area contributed by atoms with E-state index in [0.717, 1.165) is 49.2 Å². The Morgan fingerprint density at radius 2 is 2.17 bits per heavy atom. The fourth-order valence-electron chi connectivity index (χ4n) is 3.79. The Hall–Kier alpha value is -3.09. The number of amides is 1. The second kappa shape index (κ2) is 8.94. The molecular formula is C22H26N4O3. The fourth-order valence-corrected chi connectivity index (χ4v) is 3.79. The lowest BCUT2D eigenvalue weighted by Crippen LogP contribution is -2.38. The number of oxazole rings is 1. The monoisotopic (exact) mass is 394 g/mol. The summed E-state index contributed by atoms with van der Waals surface area (Å²) < 4.78 is 11.2. The molecule has 3 aromatic rings. The zero-order valence-corrected chi connectivity index (χ0v) is 16.6. The van der Waals surface area contributed by atoms with E-state index in [1.807, 2.05) is 30.3 Å². The first kappa shape index (κ1) is 19.2. The van der Waals surface area contributed by atoms with Gasteiger partial charge in [-0.2, -0.15) is 4.98 Å². The van der Waals surface area contributed by atoms with E-state index in [2.05, 4.69) is 20.2 Å². The summed E-state index contributed by atoms with van der Waals surface area (Å²) in [6, 6.07) is 10.2. The van der Waals surface area contributed by atoms with Gasteiger partial charge in [-0.15, -0.1) is 0 Å². The topological polar surface area (TPSA) is 80.5 Å².